The number of benzene rings is 1. The number of aromatic nitrogens is 1. The third kappa shape index (κ3) is 3.02. The number of nitriles is 1. The molecule has 4 rings (SSSR count). The second-order valence-corrected chi connectivity index (χ2v) is 7.42. The molecule has 2 heterocycles. The number of nitrogens with zero attached hydrogens (tertiary/aromatic N) is 3. The third-order valence-corrected chi connectivity index (χ3v) is 5.70. The van der Waals surface area contributed by atoms with Crippen molar-refractivity contribution < 1.29 is 9.52 Å². The number of fused-ring (bicyclic) bond motifs is 1. The van der Waals surface area contributed by atoms with Gasteiger partial charge in [0.25, 0.3) is 0 Å². The van der Waals surface area contributed by atoms with Gasteiger partial charge in [-0.15, -0.1) is 11.3 Å². The molecule has 6 heteroatoms. The molecule has 0 unspecified atom stereocenters. The Kier molecular flexibility index (Phi) is 4.31. The Morgan fingerprint density at radius 3 is 2.81 bits per heavy atom. The summed E-state index contributed by atoms with van der Waals surface area (Å²) in [4.78, 5) is 9.99. The molecule has 26 heavy (non-hydrogen) atoms. The normalized spacial score (nSPS) is 13.7. The van der Waals surface area contributed by atoms with Gasteiger partial charge in [0.2, 0.25) is 5.89 Å². The highest BCUT2D eigenvalue weighted by Crippen LogP contribution is 2.39. The zero-order valence-electron chi connectivity index (χ0n) is 14.3. The van der Waals surface area contributed by atoms with Crippen LogP contribution in [0.25, 0.3) is 11.5 Å². The topological polar surface area (TPSA) is 82.4 Å². The van der Waals surface area contributed by atoms with E-state index in [-0.39, 0.29) is 11.6 Å². The maximum atomic E-state index is 10.0. The molecule has 0 fully saturated rings. The summed E-state index contributed by atoms with van der Waals surface area (Å²) in [6, 6.07) is 9.98. The molecule has 1 aromatic carbocycles. The van der Waals surface area contributed by atoms with E-state index in [4.69, 9.17) is 4.42 Å². The summed E-state index contributed by atoms with van der Waals surface area (Å²) in [7, 11) is 0. The smallest absolute Gasteiger partial charge is 0.312 e. The Balaban J connectivity index is 1.65. The molecular weight excluding hydrogens is 346 g/mol. The first kappa shape index (κ1) is 16.6. The molecule has 1 aliphatic rings. The van der Waals surface area contributed by atoms with Crippen molar-refractivity contribution in [3.63, 3.8) is 0 Å². The number of oxazole rings is 1. The average Bonchev–Trinajstić information content (AvgIpc) is 3.20. The van der Waals surface area contributed by atoms with Crippen LogP contribution in [0.5, 0.6) is 5.95 Å². The van der Waals surface area contributed by atoms with Gasteiger partial charge in [0, 0.05) is 10.4 Å². The lowest BCUT2D eigenvalue weighted by Gasteiger charge is -2.09. The van der Waals surface area contributed by atoms with Gasteiger partial charge in [-0.3, -0.25) is 0 Å². The lowest BCUT2D eigenvalue weighted by molar-refractivity contribution is 0.337. The number of aryl methyl sites for hydroxylation is 2. The van der Waals surface area contributed by atoms with Gasteiger partial charge in [-0.25, -0.2) is 9.98 Å². The molecule has 0 spiro atoms. The summed E-state index contributed by atoms with van der Waals surface area (Å²) < 4.78 is 5.36. The van der Waals surface area contributed by atoms with Gasteiger partial charge in [-0.1, -0.05) is 17.7 Å². The zero-order valence-corrected chi connectivity index (χ0v) is 15.1. The van der Waals surface area contributed by atoms with Gasteiger partial charge in [0.15, 0.2) is 5.69 Å². The molecule has 1 aliphatic carbocycles. The van der Waals surface area contributed by atoms with Crippen LogP contribution in [0.2, 0.25) is 0 Å². The minimum absolute atomic E-state index is 0.260. The maximum absolute atomic E-state index is 10.0. The molecule has 0 saturated heterocycles. The second kappa shape index (κ2) is 6.77. The molecule has 2 aromatic heterocycles. The first-order valence-electron chi connectivity index (χ1n) is 8.51. The molecule has 1 N–H and O–H groups in total. The van der Waals surface area contributed by atoms with Crippen LogP contribution in [0.15, 0.2) is 33.7 Å². The van der Waals surface area contributed by atoms with Crippen LogP contribution in [0, 0.1) is 18.3 Å². The number of aliphatic imine (C=N–C) groups is 1. The minimum atomic E-state index is -0.274. The van der Waals surface area contributed by atoms with Crippen molar-refractivity contribution in [2.24, 2.45) is 4.99 Å². The Labute approximate surface area is 155 Å². The minimum Gasteiger partial charge on any atom is -0.479 e. The van der Waals surface area contributed by atoms with Crippen LogP contribution in [-0.2, 0) is 12.8 Å². The predicted octanol–water partition coefficient (Wildman–Crippen LogP) is 4.92. The van der Waals surface area contributed by atoms with E-state index >= 15 is 0 Å². The predicted molar refractivity (Wildman–Crippen MR) is 101 cm³/mol. The lowest BCUT2D eigenvalue weighted by Crippen LogP contribution is -1.99. The van der Waals surface area contributed by atoms with Gasteiger partial charge in [0.1, 0.15) is 11.1 Å². The van der Waals surface area contributed by atoms with Gasteiger partial charge < -0.3 is 9.52 Å². The highest BCUT2D eigenvalue weighted by atomic mass is 32.1. The maximum Gasteiger partial charge on any atom is 0.312 e. The highest BCUT2D eigenvalue weighted by molar-refractivity contribution is 7.16. The van der Waals surface area contributed by atoms with Crippen LogP contribution in [0.4, 0.5) is 5.00 Å². The van der Waals surface area contributed by atoms with Crippen LogP contribution in [0.1, 0.15) is 40.1 Å². The number of hydrogen-bond acceptors (Lipinski definition) is 6. The van der Waals surface area contributed by atoms with Crippen molar-refractivity contribution in [2.45, 2.75) is 32.6 Å². The summed E-state index contributed by atoms with van der Waals surface area (Å²) >= 11 is 1.56. The van der Waals surface area contributed by atoms with Crippen LogP contribution in [0.3, 0.4) is 0 Å². The Bertz CT molecular complexity index is 1020. The van der Waals surface area contributed by atoms with Crippen LogP contribution < -0.4 is 0 Å². The summed E-state index contributed by atoms with van der Waals surface area (Å²) in [6.45, 7) is 2.00. The molecule has 130 valence electrons. The van der Waals surface area contributed by atoms with Gasteiger partial charge in [-0.05, 0) is 50.3 Å². The number of thiophene rings is 1. The SMILES string of the molecule is Cc1ccc(-c2nc(C=Nc3sc4c(c3C#N)CCCC4)c(O)o2)cc1. The summed E-state index contributed by atoms with van der Waals surface area (Å²) in [5, 5.41) is 20.2. The van der Waals surface area contributed by atoms with E-state index in [0.717, 1.165) is 42.4 Å². The summed E-state index contributed by atoms with van der Waals surface area (Å²) in [5.41, 5.74) is 3.98. The average molecular weight is 363 g/mol. The van der Waals surface area contributed by atoms with Gasteiger partial charge in [-0.2, -0.15) is 5.26 Å². The van der Waals surface area contributed by atoms with Crippen LogP contribution >= 0.6 is 11.3 Å². The van der Waals surface area contributed by atoms with E-state index in [1.165, 1.54) is 11.1 Å². The van der Waals surface area contributed by atoms with Crippen molar-refractivity contribution in [1.82, 2.24) is 4.98 Å². The summed E-state index contributed by atoms with van der Waals surface area (Å²) in [5.74, 6) is 0.0686. The second-order valence-electron chi connectivity index (χ2n) is 6.34. The number of aromatic hydroxyl groups is 1. The molecule has 3 aromatic rings. The Morgan fingerprint density at radius 1 is 1.27 bits per heavy atom. The number of hydrogen-bond donors (Lipinski definition) is 1. The first-order valence-corrected chi connectivity index (χ1v) is 9.33. The molecular formula is C20H17N3O2S. The molecule has 5 nitrogen and oxygen atoms in total. The van der Waals surface area contributed by atoms with E-state index < -0.39 is 0 Å². The highest BCUT2D eigenvalue weighted by Gasteiger charge is 2.20. The fourth-order valence-corrected chi connectivity index (χ4v) is 4.29. The number of rotatable bonds is 3. The lowest BCUT2D eigenvalue weighted by atomic mass is 9.96. The largest absolute Gasteiger partial charge is 0.479 e. The van der Waals surface area contributed by atoms with E-state index in [1.54, 1.807) is 11.3 Å². The van der Waals surface area contributed by atoms with Crippen molar-refractivity contribution in [3.8, 4) is 23.5 Å². The van der Waals surface area contributed by atoms with E-state index in [2.05, 4.69) is 16.0 Å². The molecule has 0 saturated carbocycles. The fraction of sp³-hybridized carbons (Fsp3) is 0.250. The van der Waals surface area contributed by atoms with Crippen LogP contribution in [-0.4, -0.2) is 16.3 Å². The first-order chi connectivity index (χ1) is 12.7. The molecule has 0 atom stereocenters. The molecule has 0 radical (unpaired) electrons. The quantitative estimate of drug-likeness (QED) is 0.670. The van der Waals surface area contributed by atoms with Gasteiger partial charge in [0.05, 0.1) is 11.8 Å². The molecule has 0 bridgehead atoms. The van der Waals surface area contributed by atoms with Crippen molar-refractivity contribution in [2.75, 3.05) is 0 Å². The fourth-order valence-electron chi connectivity index (χ4n) is 3.11. The zero-order chi connectivity index (χ0) is 18.1. The monoisotopic (exact) mass is 363 g/mol. The Morgan fingerprint density at radius 2 is 2.04 bits per heavy atom. The van der Waals surface area contributed by atoms with Crippen molar-refractivity contribution >= 4 is 22.6 Å². The third-order valence-electron chi connectivity index (χ3n) is 4.50. The summed E-state index contributed by atoms with van der Waals surface area (Å²) in [6.07, 6.45) is 5.69. The standard InChI is InChI=1S/C20H17N3O2S/c1-12-6-8-13(9-7-12)18-23-16(20(24)25-18)11-22-19-15(10-21)14-4-2-3-5-17(14)26-19/h6-9,11,24H,2-5H2,1H3. The van der Waals surface area contributed by atoms with Crippen molar-refractivity contribution in [3.05, 3.63) is 51.5 Å². The van der Waals surface area contributed by atoms with Crippen molar-refractivity contribution in [1.29, 1.82) is 5.26 Å². The molecule has 0 amide bonds. The van der Waals surface area contributed by atoms with E-state index in [1.807, 2.05) is 31.2 Å². The molecule has 0 aliphatic heterocycles. The van der Waals surface area contributed by atoms with Gasteiger partial charge >= 0.3 is 5.95 Å². The Hall–Kier alpha value is -2.91. The van der Waals surface area contributed by atoms with E-state index in [9.17, 15) is 10.4 Å². The van der Waals surface area contributed by atoms with E-state index in [0.29, 0.717) is 16.5 Å².